The van der Waals surface area contributed by atoms with E-state index in [1.807, 2.05) is 44.2 Å². The minimum absolute atomic E-state index is 0.0437. The van der Waals surface area contributed by atoms with E-state index in [1.54, 1.807) is 17.0 Å². The minimum atomic E-state index is -0.388. The summed E-state index contributed by atoms with van der Waals surface area (Å²) < 4.78 is 0. The molecule has 27 heavy (non-hydrogen) atoms. The molecule has 142 valence electrons. The number of benzene rings is 1. The zero-order chi connectivity index (χ0) is 19.4. The van der Waals surface area contributed by atoms with Gasteiger partial charge in [0.25, 0.3) is 11.5 Å². The summed E-state index contributed by atoms with van der Waals surface area (Å²) in [4.78, 5) is 41.7. The van der Waals surface area contributed by atoms with Crippen molar-refractivity contribution < 1.29 is 9.59 Å². The average molecular weight is 367 g/mol. The van der Waals surface area contributed by atoms with Gasteiger partial charge in [-0.1, -0.05) is 30.3 Å². The first-order chi connectivity index (χ1) is 13.0. The number of likely N-dealkylation sites (tertiary alicyclic amines) is 1. The number of rotatable bonds is 4. The summed E-state index contributed by atoms with van der Waals surface area (Å²) in [5, 5.41) is 2.92. The average Bonchev–Trinajstić information content (AvgIpc) is 2.67. The maximum absolute atomic E-state index is 12.7. The van der Waals surface area contributed by atoms with E-state index in [4.69, 9.17) is 0 Å². The molecule has 6 heteroatoms. The molecule has 0 aliphatic carbocycles. The molecule has 2 heterocycles. The lowest BCUT2D eigenvalue weighted by Gasteiger charge is -2.31. The van der Waals surface area contributed by atoms with Gasteiger partial charge in [0, 0.05) is 30.7 Å². The summed E-state index contributed by atoms with van der Waals surface area (Å²) >= 11 is 0. The number of nitrogens with zero attached hydrogens (tertiary/aromatic N) is 1. The second-order valence-electron chi connectivity index (χ2n) is 7.21. The SMILES string of the molecule is CC(C)NC(=O)C1CCN(C(=O)c2ccc(-c3ccccc3)[nH]c2=O)CC1. The summed E-state index contributed by atoms with van der Waals surface area (Å²) in [6.45, 7) is 4.83. The second kappa shape index (κ2) is 8.20. The standard InChI is InChI=1S/C21H25N3O3/c1-14(2)22-19(25)16-10-12-24(13-11-16)21(27)17-8-9-18(23-20(17)26)15-6-4-3-5-7-15/h3-9,14,16H,10-13H2,1-2H3,(H,22,25)(H,23,26). The van der Waals surface area contributed by atoms with Crippen molar-refractivity contribution in [3.8, 4) is 11.3 Å². The molecule has 0 bridgehead atoms. The highest BCUT2D eigenvalue weighted by Crippen LogP contribution is 2.20. The summed E-state index contributed by atoms with van der Waals surface area (Å²) in [5.41, 5.74) is 1.33. The lowest BCUT2D eigenvalue weighted by atomic mass is 9.95. The highest BCUT2D eigenvalue weighted by atomic mass is 16.2. The van der Waals surface area contributed by atoms with E-state index >= 15 is 0 Å². The van der Waals surface area contributed by atoms with Crippen LogP contribution in [-0.2, 0) is 4.79 Å². The number of carbonyl (C=O) groups is 2. The third kappa shape index (κ3) is 4.45. The van der Waals surface area contributed by atoms with Crippen LogP contribution >= 0.6 is 0 Å². The van der Waals surface area contributed by atoms with Crippen LogP contribution < -0.4 is 10.9 Å². The number of carbonyl (C=O) groups excluding carboxylic acids is 2. The number of H-pyrrole nitrogens is 1. The Kier molecular flexibility index (Phi) is 5.74. The van der Waals surface area contributed by atoms with Crippen LogP contribution in [0.3, 0.4) is 0 Å². The van der Waals surface area contributed by atoms with E-state index in [2.05, 4.69) is 10.3 Å². The molecule has 3 rings (SSSR count). The number of nitrogens with one attached hydrogen (secondary N) is 2. The van der Waals surface area contributed by atoms with Crippen LogP contribution in [0.25, 0.3) is 11.3 Å². The van der Waals surface area contributed by atoms with E-state index < -0.39 is 0 Å². The van der Waals surface area contributed by atoms with Gasteiger partial charge >= 0.3 is 0 Å². The summed E-state index contributed by atoms with van der Waals surface area (Å²) in [6, 6.07) is 13.0. The predicted octanol–water partition coefficient (Wildman–Crippen LogP) is 2.42. The van der Waals surface area contributed by atoms with E-state index in [-0.39, 0.29) is 34.9 Å². The van der Waals surface area contributed by atoms with Crippen molar-refractivity contribution >= 4 is 11.8 Å². The summed E-state index contributed by atoms with van der Waals surface area (Å²) in [7, 11) is 0. The van der Waals surface area contributed by atoms with Gasteiger partial charge in [0.15, 0.2) is 0 Å². The number of aromatic nitrogens is 1. The molecule has 2 amide bonds. The van der Waals surface area contributed by atoms with Crippen molar-refractivity contribution in [2.45, 2.75) is 32.7 Å². The molecule has 2 aromatic rings. The van der Waals surface area contributed by atoms with E-state index in [1.165, 1.54) is 0 Å². The van der Waals surface area contributed by atoms with Gasteiger partial charge in [-0.15, -0.1) is 0 Å². The summed E-state index contributed by atoms with van der Waals surface area (Å²) in [6.07, 6.45) is 1.23. The van der Waals surface area contributed by atoms with Crippen LogP contribution in [0.1, 0.15) is 37.0 Å². The first-order valence-corrected chi connectivity index (χ1v) is 9.34. The van der Waals surface area contributed by atoms with Crippen LogP contribution in [-0.4, -0.2) is 40.8 Å². The molecular weight excluding hydrogens is 342 g/mol. The number of amides is 2. The Labute approximate surface area is 158 Å². The van der Waals surface area contributed by atoms with Gasteiger partial charge < -0.3 is 15.2 Å². The molecule has 1 aliphatic heterocycles. The van der Waals surface area contributed by atoms with Crippen LogP contribution in [0.15, 0.2) is 47.3 Å². The van der Waals surface area contributed by atoms with Gasteiger partial charge in [0.2, 0.25) is 5.91 Å². The number of hydrogen-bond acceptors (Lipinski definition) is 3. The zero-order valence-corrected chi connectivity index (χ0v) is 15.7. The third-order valence-electron chi connectivity index (χ3n) is 4.81. The van der Waals surface area contributed by atoms with Gasteiger partial charge in [-0.25, -0.2) is 0 Å². The Morgan fingerprint density at radius 1 is 1.07 bits per heavy atom. The van der Waals surface area contributed by atoms with Gasteiger partial charge in [-0.05, 0) is 44.4 Å². The molecule has 0 atom stereocenters. The molecule has 1 aromatic heterocycles. The van der Waals surface area contributed by atoms with Crippen molar-refractivity contribution in [1.29, 1.82) is 0 Å². The van der Waals surface area contributed by atoms with Crippen LogP contribution in [0.5, 0.6) is 0 Å². The Balaban J connectivity index is 1.67. The highest BCUT2D eigenvalue weighted by Gasteiger charge is 2.28. The molecule has 6 nitrogen and oxygen atoms in total. The second-order valence-corrected chi connectivity index (χ2v) is 7.21. The Hall–Kier alpha value is -2.89. The number of piperidine rings is 1. The Bertz CT molecular complexity index is 866. The fourth-order valence-corrected chi connectivity index (χ4v) is 3.35. The molecule has 1 aliphatic rings. The molecular formula is C21H25N3O3. The van der Waals surface area contributed by atoms with Crippen molar-refractivity contribution in [2.75, 3.05) is 13.1 Å². The first kappa shape index (κ1) is 18.9. The lowest BCUT2D eigenvalue weighted by Crippen LogP contribution is -2.45. The first-order valence-electron chi connectivity index (χ1n) is 9.34. The molecule has 1 aromatic carbocycles. The molecule has 2 N–H and O–H groups in total. The molecule has 0 saturated carbocycles. The molecule has 0 unspecified atom stereocenters. The molecule has 0 spiro atoms. The van der Waals surface area contributed by atoms with E-state index in [0.29, 0.717) is 31.6 Å². The lowest BCUT2D eigenvalue weighted by molar-refractivity contribution is -0.126. The van der Waals surface area contributed by atoms with Gasteiger partial charge in [-0.2, -0.15) is 0 Å². The minimum Gasteiger partial charge on any atom is -0.354 e. The maximum Gasteiger partial charge on any atom is 0.261 e. The molecule has 1 saturated heterocycles. The number of aromatic amines is 1. The molecule has 1 fully saturated rings. The van der Waals surface area contributed by atoms with Crippen LogP contribution in [0.4, 0.5) is 0 Å². The highest BCUT2D eigenvalue weighted by molar-refractivity contribution is 5.94. The van der Waals surface area contributed by atoms with Crippen molar-refractivity contribution in [2.24, 2.45) is 5.92 Å². The summed E-state index contributed by atoms with van der Waals surface area (Å²) in [5.74, 6) is -0.309. The molecule has 0 radical (unpaired) electrons. The fraction of sp³-hybridized carbons (Fsp3) is 0.381. The van der Waals surface area contributed by atoms with Gasteiger partial charge in [-0.3, -0.25) is 14.4 Å². The monoisotopic (exact) mass is 367 g/mol. The largest absolute Gasteiger partial charge is 0.354 e. The smallest absolute Gasteiger partial charge is 0.261 e. The normalized spacial score (nSPS) is 15.0. The Morgan fingerprint density at radius 3 is 2.33 bits per heavy atom. The van der Waals surface area contributed by atoms with Crippen LogP contribution in [0, 0.1) is 5.92 Å². The van der Waals surface area contributed by atoms with Crippen molar-refractivity contribution in [1.82, 2.24) is 15.2 Å². The van der Waals surface area contributed by atoms with Crippen molar-refractivity contribution in [3.05, 3.63) is 58.4 Å². The van der Waals surface area contributed by atoms with Gasteiger partial charge in [0.1, 0.15) is 5.56 Å². The predicted molar refractivity (Wildman–Crippen MR) is 104 cm³/mol. The quantitative estimate of drug-likeness (QED) is 0.871. The third-order valence-corrected chi connectivity index (χ3v) is 4.81. The van der Waals surface area contributed by atoms with Gasteiger partial charge in [0.05, 0.1) is 0 Å². The van der Waals surface area contributed by atoms with Crippen LogP contribution in [0.2, 0.25) is 0 Å². The number of hydrogen-bond donors (Lipinski definition) is 2. The maximum atomic E-state index is 12.7. The van der Waals surface area contributed by atoms with E-state index in [9.17, 15) is 14.4 Å². The van der Waals surface area contributed by atoms with E-state index in [0.717, 1.165) is 5.56 Å². The fourth-order valence-electron chi connectivity index (χ4n) is 3.35. The topological polar surface area (TPSA) is 82.3 Å². The number of pyridine rings is 1. The van der Waals surface area contributed by atoms with Crippen molar-refractivity contribution in [3.63, 3.8) is 0 Å². The Morgan fingerprint density at radius 2 is 1.74 bits per heavy atom. The zero-order valence-electron chi connectivity index (χ0n) is 15.7.